The van der Waals surface area contributed by atoms with Crippen molar-refractivity contribution in [2.75, 3.05) is 6.61 Å². The molecule has 0 radical (unpaired) electrons. The van der Waals surface area contributed by atoms with Gasteiger partial charge >= 0.3 is 0 Å². The normalized spacial score (nSPS) is 10.5. The van der Waals surface area contributed by atoms with E-state index in [-0.39, 0.29) is 5.99 Å². The van der Waals surface area contributed by atoms with Crippen LogP contribution in [0.25, 0.3) is 0 Å². The van der Waals surface area contributed by atoms with Crippen LogP contribution < -0.4 is 10.3 Å². The van der Waals surface area contributed by atoms with Crippen molar-refractivity contribution in [3.8, 4) is 5.75 Å². The summed E-state index contributed by atoms with van der Waals surface area (Å²) in [5.74, 6) is 1.69. The fourth-order valence-corrected chi connectivity index (χ4v) is 1.29. The Morgan fingerprint density at radius 1 is 1.47 bits per heavy atom. The maximum absolute atomic E-state index is 5.56. The quantitative estimate of drug-likeness (QED) is 0.611. The molecule has 1 aromatic heterocycles. The lowest BCUT2D eigenvalue weighted by atomic mass is 9.75. The minimum absolute atomic E-state index is 0.176. The van der Waals surface area contributed by atoms with Crippen molar-refractivity contribution < 1.29 is 4.74 Å². The number of thiol groups is 1. The highest BCUT2D eigenvalue weighted by Gasteiger charge is 2.05. The molecule has 0 atom stereocenters. The maximum atomic E-state index is 5.56. The standard InChI is InChI=1S/C11H18BNOS/c1-9(2)6-7-14-10-4-5-11(12(3)15)13-8-10/h4-5,8-9,15H,6-7H2,1-3H3. The predicted molar refractivity (Wildman–Crippen MR) is 69.4 cm³/mol. The summed E-state index contributed by atoms with van der Waals surface area (Å²) in [6, 6.07) is 3.91. The van der Waals surface area contributed by atoms with E-state index in [1.807, 2.05) is 19.0 Å². The van der Waals surface area contributed by atoms with Crippen LogP contribution in [-0.2, 0) is 0 Å². The van der Waals surface area contributed by atoms with Gasteiger partial charge in [0.1, 0.15) is 5.75 Å². The first-order valence-electron chi connectivity index (χ1n) is 5.36. The van der Waals surface area contributed by atoms with E-state index in [0.29, 0.717) is 5.92 Å². The van der Waals surface area contributed by atoms with Crippen LogP contribution in [0.3, 0.4) is 0 Å². The molecule has 0 spiro atoms. The number of aromatic nitrogens is 1. The molecule has 0 aromatic carbocycles. The second kappa shape index (κ2) is 6.06. The van der Waals surface area contributed by atoms with Crippen molar-refractivity contribution in [1.82, 2.24) is 4.98 Å². The molecule has 82 valence electrons. The summed E-state index contributed by atoms with van der Waals surface area (Å²) in [4.78, 5) is 4.27. The van der Waals surface area contributed by atoms with E-state index in [4.69, 9.17) is 4.74 Å². The zero-order valence-corrected chi connectivity index (χ0v) is 10.5. The van der Waals surface area contributed by atoms with E-state index in [1.54, 1.807) is 6.20 Å². The Hall–Kier alpha value is -0.635. The average molecular weight is 223 g/mol. The first-order valence-corrected chi connectivity index (χ1v) is 5.88. The minimum Gasteiger partial charge on any atom is -0.492 e. The van der Waals surface area contributed by atoms with E-state index in [0.717, 1.165) is 24.4 Å². The second-order valence-electron chi connectivity index (χ2n) is 4.13. The zero-order chi connectivity index (χ0) is 11.3. The molecule has 0 aliphatic heterocycles. The molecular formula is C11H18BNOS. The van der Waals surface area contributed by atoms with Crippen LogP contribution in [0.15, 0.2) is 18.3 Å². The van der Waals surface area contributed by atoms with Crippen LogP contribution in [0.2, 0.25) is 6.82 Å². The first-order chi connectivity index (χ1) is 7.09. The fourth-order valence-electron chi connectivity index (χ4n) is 1.14. The molecule has 1 heterocycles. The smallest absolute Gasteiger partial charge is 0.257 e. The lowest BCUT2D eigenvalue weighted by Crippen LogP contribution is -2.23. The highest BCUT2D eigenvalue weighted by molar-refractivity contribution is 8.11. The van der Waals surface area contributed by atoms with Crippen molar-refractivity contribution in [3.05, 3.63) is 18.3 Å². The Balaban J connectivity index is 2.43. The van der Waals surface area contributed by atoms with Gasteiger partial charge in [-0.1, -0.05) is 20.7 Å². The Kier molecular flexibility index (Phi) is 5.02. The first kappa shape index (κ1) is 12.4. The lowest BCUT2D eigenvalue weighted by Gasteiger charge is -2.08. The molecule has 2 nitrogen and oxygen atoms in total. The third kappa shape index (κ3) is 4.60. The molecule has 0 fully saturated rings. The molecule has 1 aromatic rings. The summed E-state index contributed by atoms with van der Waals surface area (Å²) in [6.45, 7) is 7.14. The van der Waals surface area contributed by atoms with Crippen molar-refractivity contribution in [2.24, 2.45) is 5.92 Å². The largest absolute Gasteiger partial charge is 0.492 e. The van der Waals surface area contributed by atoms with E-state index < -0.39 is 0 Å². The molecule has 15 heavy (non-hydrogen) atoms. The van der Waals surface area contributed by atoms with Crippen LogP contribution in [0.5, 0.6) is 5.75 Å². The van der Waals surface area contributed by atoms with E-state index >= 15 is 0 Å². The number of ether oxygens (including phenoxy) is 1. The van der Waals surface area contributed by atoms with Crippen molar-refractivity contribution >= 4 is 24.1 Å². The van der Waals surface area contributed by atoms with Crippen LogP contribution in [0.4, 0.5) is 0 Å². The van der Waals surface area contributed by atoms with Gasteiger partial charge in [-0.05, 0) is 24.5 Å². The monoisotopic (exact) mass is 223 g/mol. The summed E-state index contributed by atoms with van der Waals surface area (Å²) in [5, 5.41) is 0. The number of hydrogen-bond donors (Lipinski definition) is 1. The Labute approximate surface area is 97.8 Å². The number of rotatable bonds is 5. The lowest BCUT2D eigenvalue weighted by molar-refractivity contribution is 0.288. The van der Waals surface area contributed by atoms with Gasteiger partial charge in [-0.25, -0.2) is 12.5 Å². The summed E-state index contributed by atoms with van der Waals surface area (Å²) >= 11 is 4.32. The van der Waals surface area contributed by atoms with Crippen molar-refractivity contribution in [3.63, 3.8) is 0 Å². The molecule has 0 saturated heterocycles. The van der Waals surface area contributed by atoms with Gasteiger partial charge in [0.05, 0.1) is 12.8 Å². The van der Waals surface area contributed by atoms with Crippen molar-refractivity contribution in [1.29, 1.82) is 0 Å². The Bertz CT molecular complexity index is 287. The average Bonchev–Trinajstić information content (AvgIpc) is 2.18. The van der Waals surface area contributed by atoms with Gasteiger partial charge in [0.15, 0.2) is 0 Å². The van der Waals surface area contributed by atoms with Gasteiger partial charge < -0.3 is 4.74 Å². The van der Waals surface area contributed by atoms with Gasteiger partial charge in [0.25, 0.3) is 5.99 Å². The van der Waals surface area contributed by atoms with E-state index in [1.165, 1.54) is 0 Å². The third-order valence-electron chi connectivity index (χ3n) is 2.15. The molecule has 1 rings (SSSR count). The Morgan fingerprint density at radius 3 is 2.67 bits per heavy atom. The van der Waals surface area contributed by atoms with Gasteiger partial charge in [0.2, 0.25) is 0 Å². The molecule has 0 unspecified atom stereocenters. The van der Waals surface area contributed by atoms with E-state index in [9.17, 15) is 0 Å². The minimum atomic E-state index is 0.176. The number of pyridine rings is 1. The predicted octanol–water partition coefficient (Wildman–Crippen LogP) is 2.26. The molecule has 0 aliphatic rings. The maximum Gasteiger partial charge on any atom is 0.257 e. The number of hydrogen-bond acceptors (Lipinski definition) is 3. The molecule has 0 bridgehead atoms. The number of nitrogens with zero attached hydrogens (tertiary/aromatic N) is 1. The molecular weight excluding hydrogens is 205 g/mol. The van der Waals surface area contributed by atoms with E-state index in [2.05, 4.69) is 31.3 Å². The molecule has 0 N–H and O–H groups in total. The summed E-state index contributed by atoms with van der Waals surface area (Å²) in [7, 11) is 0. The fraction of sp³-hybridized carbons (Fsp3) is 0.545. The van der Waals surface area contributed by atoms with Crippen LogP contribution in [-0.4, -0.2) is 17.6 Å². The van der Waals surface area contributed by atoms with Gasteiger partial charge in [0, 0.05) is 5.59 Å². The van der Waals surface area contributed by atoms with Gasteiger partial charge in [-0.2, -0.15) is 0 Å². The van der Waals surface area contributed by atoms with Crippen LogP contribution >= 0.6 is 12.5 Å². The highest BCUT2D eigenvalue weighted by Crippen LogP contribution is 2.08. The zero-order valence-electron chi connectivity index (χ0n) is 9.60. The highest BCUT2D eigenvalue weighted by atomic mass is 32.1. The Morgan fingerprint density at radius 2 is 2.20 bits per heavy atom. The summed E-state index contributed by atoms with van der Waals surface area (Å²) < 4.78 is 5.56. The van der Waals surface area contributed by atoms with Crippen molar-refractivity contribution in [2.45, 2.75) is 27.1 Å². The van der Waals surface area contributed by atoms with Crippen LogP contribution in [0.1, 0.15) is 20.3 Å². The SMILES string of the molecule is CB(S)c1ccc(OCCC(C)C)cn1. The second-order valence-corrected chi connectivity index (χ2v) is 4.90. The summed E-state index contributed by atoms with van der Waals surface area (Å²) in [5.41, 5.74) is 0.981. The third-order valence-corrected chi connectivity index (χ3v) is 2.42. The molecule has 0 saturated carbocycles. The molecule has 4 heteroatoms. The van der Waals surface area contributed by atoms with Gasteiger partial charge in [-0.15, -0.1) is 0 Å². The topological polar surface area (TPSA) is 22.1 Å². The molecule has 0 aliphatic carbocycles. The van der Waals surface area contributed by atoms with Gasteiger partial charge in [-0.3, -0.25) is 4.98 Å². The molecule has 0 amide bonds. The van der Waals surface area contributed by atoms with Crippen LogP contribution in [0, 0.1) is 5.92 Å². The summed E-state index contributed by atoms with van der Waals surface area (Å²) in [6.07, 6.45) is 2.84.